The molecule has 2 rings (SSSR count). The number of aliphatic hydroxyl groups excluding tert-OH is 1. The molecule has 0 saturated heterocycles. The largest absolute Gasteiger partial charge is 0.459 e. The molecule has 0 aliphatic carbocycles. The highest BCUT2D eigenvalue weighted by atomic mass is 16.6. The second-order valence-corrected chi connectivity index (χ2v) is 6.30. The van der Waals surface area contributed by atoms with Gasteiger partial charge in [-0.25, -0.2) is 0 Å². The number of aryl methyl sites for hydroxylation is 1. The first-order valence-electron chi connectivity index (χ1n) is 8.48. The smallest absolute Gasteiger partial charge is 0.303 e. The zero-order valence-corrected chi connectivity index (χ0v) is 14.9. The van der Waals surface area contributed by atoms with E-state index in [4.69, 9.17) is 9.47 Å². The van der Waals surface area contributed by atoms with Crippen molar-refractivity contribution < 1.29 is 19.4 Å². The van der Waals surface area contributed by atoms with E-state index in [0.29, 0.717) is 18.1 Å². The van der Waals surface area contributed by atoms with Gasteiger partial charge in [0, 0.05) is 36.5 Å². The van der Waals surface area contributed by atoms with Crippen LogP contribution < -0.4 is 0 Å². The lowest BCUT2D eigenvalue weighted by Crippen LogP contribution is -2.12. The Balaban J connectivity index is 2.56. The molecule has 1 atom stereocenters. The first kappa shape index (κ1) is 18.5. The molecule has 5 nitrogen and oxygen atoms in total. The number of carbonyl (C=O) groups is 1. The summed E-state index contributed by atoms with van der Waals surface area (Å²) >= 11 is 0. The van der Waals surface area contributed by atoms with E-state index < -0.39 is 6.29 Å². The predicted molar refractivity (Wildman–Crippen MR) is 93.4 cm³/mol. The molecule has 0 radical (unpaired) electrons. The Morgan fingerprint density at radius 2 is 2.00 bits per heavy atom. The summed E-state index contributed by atoms with van der Waals surface area (Å²) < 4.78 is 12.8. The Morgan fingerprint density at radius 3 is 2.62 bits per heavy atom. The van der Waals surface area contributed by atoms with Gasteiger partial charge in [-0.05, 0) is 25.3 Å². The molecule has 1 heterocycles. The van der Waals surface area contributed by atoms with Gasteiger partial charge in [-0.15, -0.1) is 0 Å². The average Bonchev–Trinajstić information content (AvgIpc) is 2.84. The van der Waals surface area contributed by atoms with Gasteiger partial charge in [-0.2, -0.15) is 0 Å². The van der Waals surface area contributed by atoms with Crippen molar-refractivity contribution in [2.24, 2.45) is 5.92 Å². The lowest BCUT2D eigenvalue weighted by Gasteiger charge is -2.16. The van der Waals surface area contributed by atoms with Crippen molar-refractivity contribution in [3.63, 3.8) is 0 Å². The molecular formula is C19H27NO4. The lowest BCUT2D eigenvalue weighted by molar-refractivity contribution is -0.142. The number of esters is 1. The summed E-state index contributed by atoms with van der Waals surface area (Å²) in [5.74, 6) is 0.209. The average molecular weight is 333 g/mol. The van der Waals surface area contributed by atoms with E-state index in [9.17, 15) is 9.90 Å². The number of aromatic nitrogens is 1. The Morgan fingerprint density at radius 1 is 1.29 bits per heavy atom. The van der Waals surface area contributed by atoms with Gasteiger partial charge in [-0.3, -0.25) is 4.79 Å². The van der Waals surface area contributed by atoms with Crippen LogP contribution in [0, 0.1) is 5.92 Å². The molecule has 0 amide bonds. The molecule has 0 spiro atoms. The third-order valence-corrected chi connectivity index (χ3v) is 4.04. The molecule has 1 aromatic carbocycles. The molecule has 24 heavy (non-hydrogen) atoms. The summed E-state index contributed by atoms with van der Waals surface area (Å²) in [7, 11) is 0. The van der Waals surface area contributed by atoms with Gasteiger partial charge in [0.1, 0.15) is 6.61 Å². The Hall–Kier alpha value is -1.85. The minimum absolute atomic E-state index is 0.127. The van der Waals surface area contributed by atoms with Gasteiger partial charge in [0.25, 0.3) is 0 Å². The summed E-state index contributed by atoms with van der Waals surface area (Å²) in [5.41, 5.74) is 2.51. The van der Waals surface area contributed by atoms with Crippen LogP contribution in [0.25, 0.3) is 10.9 Å². The van der Waals surface area contributed by atoms with Crippen molar-refractivity contribution in [1.29, 1.82) is 0 Å². The van der Waals surface area contributed by atoms with E-state index in [1.807, 2.05) is 31.2 Å². The zero-order chi connectivity index (χ0) is 17.7. The fourth-order valence-corrected chi connectivity index (χ4v) is 2.87. The van der Waals surface area contributed by atoms with Crippen LogP contribution >= 0.6 is 0 Å². The fourth-order valence-electron chi connectivity index (χ4n) is 2.87. The number of benzene rings is 1. The van der Waals surface area contributed by atoms with Crippen LogP contribution in [0.15, 0.2) is 24.3 Å². The van der Waals surface area contributed by atoms with Crippen molar-refractivity contribution in [3.8, 4) is 0 Å². The number of hydrogen-bond acceptors (Lipinski definition) is 4. The number of aliphatic hydroxyl groups is 1. The van der Waals surface area contributed by atoms with Crippen LogP contribution in [-0.4, -0.2) is 22.2 Å². The van der Waals surface area contributed by atoms with Gasteiger partial charge in [0.05, 0.1) is 5.69 Å². The maximum absolute atomic E-state index is 11.3. The zero-order valence-electron chi connectivity index (χ0n) is 14.9. The van der Waals surface area contributed by atoms with E-state index in [1.54, 1.807) is 0 Å². The maximum Gasteiger partial charge on any atom is 0.303 e. The highest BCUT2D eigenvalue weighted by Crippen LogP contribution is 2.33. The standard InChI is InChI=1S/C19H27NO4/c1-5-23-19(22)18-15-8-6-7-9-16(15)20(11-10-13(2)3)17(18)12-24-14(4)21/h6-9,13,19,22H,5,10-12H2,1-4H3. The van der Waals surface area contributed by atoms with Crippen LogP contribution in [0.5, 0.6) is 0 Å². The maximum atomic E-state index is 11.3. The molecule has 0 aliphatic rings. The minimum atomic E-state index is -1.04. The summed E-state index contributed by atoms with van der Waals surface area (Å²) in [5, 5.41) is 11.4. The van der Waals surface area contributed by atoms with E-state index in [1.165, 1.54) is 6.92 Å². The number of ether oxygens (including phenoxy) is 2. The molecule has 1 N–H and O–H groups in total. The van der Waals surface area contributed by atoms with Gasteiger partial charge >= 0.3 is 5.97 Å². The summed E-state index contributed by atoms with van der Waals surface area (Å²) in [6.07, 6.45) is -0.0404. The van der Waals surface area contributed by atoms with Gasteiger partial charge in [-0.1, -0.05) is 32.0 Å². The summed E-state index contributed by atoms with van der Waals surface area (Å²) in [4.78, 5) is 11.3. The second kappa shape index (κ2) is 8.31. The third-order valence-electron chi connectivity index (χ3n) is 4.04. The summed E-state index contributed by atoms with van der Waals surface area (Å²) in [6, 6.07) is 7.90. The Bertz CT molecular complexity index is 690. The van der Waals surface area contributed by atoms with Crippen LogP contribution in [0.3, 0.4) is 0 Å². The highest BCUT2D eigenvalue weighted by molar-refractivity contribution is 5.86. The van der Waals surface area contributed by atoms with Crippen LogP contribution in [0.4, 0.5) is 0 Å². The van der Waals surface area contributed by atoms with Crippen molar-refractivity contribution in [3.05, 3.63) is 35.5 Å². The first-order chi connectivity index (χ1) is 11.5. The van der Waals surface area contributed by atoms with Crippen LogP contribution in [0.1, 0.15) is 51.7 Å². The van der Waals surface area contributed by atoms with Gasteiger partial charge in [0.2, 0.25) is 0 Å². The van der Waals surface area contributed by atoms with Gasteiger partial charge < -0.3 is 19.1 Å². The number of carbonyl (C=O) groups excluding carboxylic acids is 1. The molecule has 0 aliphatic heterocycles. The Kier molecular flexibility index (Phi) is 6.40. The van der Waals surface area contributed by atoms with E-state index in [2.05, 4.69) is 18.4 Å². The van der Waals surface area contributed by atoms with E-state index >= 15 is 0 Å². The molecule has 132 valence electrons. The molecule has 1 unspecified atom stereocenters. The monoisotopic (exact) mass is 333 g/mol. The molecule has 1 aromatic heterocycles. The van der Waals surface area contributed by atoms with Crippen LogP contribution in [-0.2, 0) is 27.4 Å². The number of rotatable bonds is 8. The van der Waals surface area contributed by atoms with Crippen molar-refractivity contribution in [2.75, 3.05) is 6.61 Å². The number of para-hydroxylation sites is 1. The summed E-state index contributed by atoms with van der Waals surface area (Å²) in [6.45, 7) is 8.91. The molecular weight excluding hydrogens is 306 g/mol. The van der Waals surface area contributed by atoms with E-state index in [-0.39, 0.29) is 12.6 Å². The number of nitrogens with zero attached hydrogens (tertiary/aromatic N) is 1. The van der Waals surface area contributed by atoms with Crippen molar-refractivity contribution >= 4 is 16.9 Å². The lowest BCUT2D eigenvalue weighted by atomic mass is 10.1. The quantitative estimate of drug-likeness (QED) is 0.590. The number of hydrogen-bond donors (Lipinski definition) is 1. The highest BCUT2D eigenvalue weighted by Gasteiger charge is 2.23. The predicted octanol–water partition coefficient (Wildman–Crippen LogP) is 3.78. The van der Waals surface area contributed by atoms with Crippen LogP contribution in [0.2, 0.25) is 0 Å². The van der Waals surface area contributed by atoms with Crippen molar-refractivity contribution in [2.45, 2.75) is 53.6 Å². The third kappa shape index (κ3) is 4.16. The normalized spacial score (nSPS) is 12.8. The van der Waals surface area contributed by atoms with Crippen molar-refractivity contribution in [1.82, 2.24) is 4.57 Å². The first-order valence-corrected chi connectivity index (χ1v) is 8.48. The Labute approximate surface area is 143 Å². The number of fused-ring (bicyclic) bond motifs is 1. The fraction of sp³-hybridized carbons (Fsp3) is 0.526. The molecule has 0 bridgehead atoms. The minimum Gasteiger partial charge on any atom is -0.459 e. The molecule has 5 heteroatoms. The van der Waals surface area contributed by atoms with E-state index in [0.717, 1.165) is 29.6 Å². The van der Waals surface area contributed by atoms with Gasteiger partial charge in [0.15, 0.2) is 6.29 Å². The topological polar surface area (TPSA) is 60.7 Å². The molecule has 0 saturated carbocycles. The molecule has 0 fully saturated rings. The SMILES string of the molecule is CCOC(O)c1c(COC(C)=O)n(CCC(C)C)c2ccccc12. The molecule has 2 aromatic rings. The second-order valence-electron chi connectivity index (χ2n) is 6.30.